The first-order chi connectivity index (χ1) is 10.4. The summed E-state index contributed by atoms with van der Waals surface area (Å²) in [4.78, 5) is 36.3. The quantitative estimate of drug-likeness (QED) is 0.486. The number of piperidine rings is 1. The van der Waals surface area contributed by atoms with Crippen molar-refractivity contribution in [2.75, 3.05) is 13.7 Å². The molecular formula is C15H18N2O5. The standard InChI is InChI=1S/C15H18N2O5/c1-10-5-3-4-6-16(10)14(18)11-7-12(15(19)22-2)9-13(8-11)17(20)21/h7-10H,3-6H2,1-2H3. The van der Waals surface area contributed by atoms with Crippen LogP contribution in [0.5, 0.6) is 0 Å². The molecule has 1 saturated heterocycles. The molecule has 0 spiro atoms. The van der Waals surface area contributed by atoms with Crippen LogP contribution in [0.25, 0.3) is 0 Å². The predicted octanol–water partition coefficient (Wildman–Crippen LogP) is 2.40. The molecule has 0 N–H and O–H groups in total. The van der Waals surface area contributed by atoms with Gasteiger partial charge in [0.2, 0.25) is 0 Å². The Balaban J connectivity index is 2.40. The second kappa shape index (κ2) is 6.55. The molecule has 2 rings (SSSR count). The lowest BCUT2D eigenvalue weighted by atomic mass is 10.0. The van der Waals surface area contributed by atoms with Gasteiger partial charge in [-0.25, -0.2) is 4.79 Å². The fourth-order valence-corrected chi connectivity index (χ4v) is 2.64. The summed E-state index contributed by atoms with van der Waals surface area (Å²) in [5, 5.41) is 11.0. The van der Waals surface area contributed by atoms with Gasteiger partial charge in [0.15, 0.2) is 0 Å². The number of amides is 1. The number of esters is 1. The lowest BCUT2D eigenvalue weighted by Gasteiger charge is -2.33. The molecule has 1 atom stereocenters. The Hall–Kier alpha value is -2.44. The van der Waals surface area contributed by atoms with Gasteiger partial charge in [-0.05, 0) is 32.3 Å². The van der Waals surface area contributed by atoms with E-state index in [2.05, 4.69) is 4.74 Å². The minimum atomic E-state index is -0.704. The average Bonchev–Trinajstić information content (AvgIpc) is 2.53. The highest BCUT2D eigenvalue weighted by Crippen LogP contribution is 2.23. The summed E-state index contributed by atoms with van der Waals surface area (Å²) in [6, 6.07) is 3.75. The molecule has 0 bridgehead atoms. The number of nitrogens with zero attached hydrogens (tertiary/aromatic N) is 2. The van der Waals surface area contributed by atoms with Crippen LogP contribution in [0.2, 0.25) is 0 Å². The molecule has 1 amide bonds. The first-order valence-corrected chi connectivity index (χ1v) is 7.13. The summed E-state index contributed by atoms with van der Waals surface area (Å²) in [6.45, 7) is 2.58. The van der Waals surface area contributed by atoms with Crippen molar-refractivity contribution in [3.63, 3.8) is 0 Å². The molecule has 7 nitrogen and oxygen atoms in total. The van der Waals surface area contributed by atoms with Crippen LogP contribution in [-0.2, 0) is 4.74 Å². The maximum absolute atomic E-state index is 12.6. The van der Waals surface area contributed by atoms with Crippen LogP contribution in [0.15, 0.2) is 18.2 Å². The number of nitro groups is 1. The number of carbonyl (C=O) groups is 2. The first-order valence-electron chi connectivity index (χ1n) is 7.13. The van der Waals surface area contributed by atoms with E-state index in [0.29, 0.717) is 6.54 Å². The average molecular weight is 306 g/mol. The fourth-order valence-electron chi connectivity index (χ4n) is 2.64. The van der Waals surface area contributed by atoms with Gasteiger partial charge in [-0.3, -0.25) is 14.9 Å². The van der Waals surface area contributed by atoms with Gasteiger partial charge in [0, 0.05) is 30.3 Å². The van der Waals surface area contributed by atoms with E-state index in [9.17, 15) is 19.7 Å². The number of likely N-dealkylation sites (tertiary alicyclic amines) is 1. The molecule has 0 saturated carbocycles. The van der Waals surface area contributed by atoms with Gasteiger partial charge in [0.05, 0.1) is 17.6 Å². The van der Waals surface area contributed by atoms with E-state index < -0.39 is 10.9 Å². The van der Waals surface area contributed by atoms with E-state index in [-0.39, 0.29) is 28.8 Å². The van der Waals surface area contributed by atoms with Crippen molar-refractivity contribution in [2.24, 2.45) is 0 Å². The maximum atomic E-state index is 12.6. The van der Waals surface area contributed by atoms with E-state index in [4.69, 9.17) is 0 Å². The molecule has 1 aliphatic rings. The lowest BCUT2D eigenvalue weighted by molar-refractivity contribution is -0.384. The molecule has 1 aromatic carbocycles. The lowest BCUT2D eigenvalue weighted by Crippen LogP contribution is -2.42. The highest BCUT2D eigenvalue weighted by molar-refractivity contribution is 5.99. The number of carbonyl (C=O) groups excluding carboxylic acids is 2. The molecule has 0 aliphatic carbocycles. The molecular weight excluding hydrogens is 288 g/mol. The molecule has 1 aromatic rings. The van der Waals surface area contributed by atoms with Gasteiger partial charge < -0.3 is 9.64 Å². The molecule has 1 fully saturated rings. The second-order valence-corrected chi connectivity index (χ2v) is 5.36. The van der Waals surface area contributed by atoms with E-state index in [1.54, 1.807) is 4.90 Å². The minimum Gasteiger partial charge on any atom is -0.465 e. The van der Waals surface area contributed by atoms with Crippen LogP contribution in [0.1, 0.15) is 46.9 Å². The van der Waals surface area contributed by atoms with Crippen molar-refractivity contribution >= 4 is 17.6 Å². The monoisotopic (exact) mass is 306 g/mol. The number of methoxy groups -OCH3 is 1. The van der Waals surface area contributed by atoms with Gasteiger partial charge in [-0.15, -0.1) is 0 Å². The first kappa shape index (κ1) is 15.9. The summed E-state index contributed by atoms with van der Waals surface area (Å²) in [7, 11) is 1.19. The Morgan fingerprint density at radius 3 is 2.55 bits per heavy atom. The Morgan fingerprint density at radius 2 is 1.95 bits per heavy atom. The van der Waals surface area contributed by atoms with Crippen molar-refractivity contribution in [3.8, 4) is 0 Å². The highest BCUT2D eigenvalue weighted by Gasteiger charge is 2.26. The SMILES string of the molecule is COC(=O)c1cc(C(=O)N2CCCCC2C)cc([N+](=O)[O-])c1. The minimum absolute atomic E-state index is 0.00436. The van der Waals surface area contributed by atoms with Gasteiger partial charge in [0.1, 0.15) is 0 Å². The van der Waals surface area contributed by atoms with Crippen LogP contribution in [-0.4, -0.2) is 41.4 Å². The summed E-state index contributed by atoms with van der Waals surface area (Å²) in [5.74, 6) is -0.995. The maximum Gasteiger partial charge on any atom is 0.338 e. The molecule has 118 valence electrons. The van der Waals surface area contributed by atoms with Crippen molar-refractivity contribution in [1.29, 1.82) is 0 Å². The third-order valence-electron chi connectivity index (χ3n) is 3.86. The highest BCUT2D eigenvalue weighted by atomic mass is 16.6. The third-order valence-corrected chi connectivity index (χ3v) is 3.86. The molecule has 0 radical (unpaired) electrons. The molecule has 0 aromatic heterocycles. The Bertz CT molecular complexity index is 614. The fraction of sp³-hybridized carbons (Fsp3) is 0.467. The third kappa shape index (κ3) is 3.24. The van der Waals surface area contributed by atoms with E-state index in [1.807, 2.05) is 6.92 Å². The Morgan fingerprint density at radius 1 is 1.27 bits per heavy atom. The topological polar surface area (TPSA) is 89.8 Å². The summed E-state index contributed by atoms with van der Waals surface area (Å²) >= 11 is 0. The number of nitro benzene ring substituents is 1. The molecule has 22 heavy (non-hydrogen) atoms. The summed E-state index contributed by atoms with van der Waals surface area (Å²) < 4.78 is 4.59. The van der Waals surface area contributed by atoms with Gasteiger partial charge in [-0.2, -0.15) is 0 Å². The number of ether oxygens (including phenoxy) is 1. The number of hydrogen-bond donors (Lipinski definition) is 0. The molecule has 1 heterocycles. The van der Waals surface area contributed by atoms with Gasteiger partial charge >= 0.3 is 5.97 Å². The molecule has 7 heteroatoms. The zero-order valence-electron chi connectivity index (χ0n) is 12.6. The smallest absolute Gasteiger partial charge is 0.338 e. The van der Waals surface area contributed by atoms with Crippen LogP contribution in [0.3, 0.4) is 0 Å². The number of hydrogen-bond acceptors (Lipinski definition) is 5. The number of benzene rings is 1. The summed E-state index contributed by atoms with van der Waals surface area (Å²) in [5.41, 5.74) is -0.149. The van der Waals surface area contributed by atoms with E-state index >= 15 is 0 Å². The summed E-state index contributed by atoms with van der Waals surface area (Å²) in [6.07, 6.45) is 2.88. The Kier molecular flexibility index (Phi) is 4.75. The molecule has 1 unspecified atom stereocenters. The van der Waals surface area contributed by atoms with Crippen molar-refractivity contribution in [2.45, 2.75) is 32.2 Å². The number of non-ortho nitro benzene ring substituents is 1. The van der Waals surface area contributed by atoms with E-state index in [0.717, 1.165) is 25.3 Å². The zero-order valence-corrected chi connectivity index (χ0v) is 12.6. The zero-order chi connectivity index (χ0) is 16.3. The number of rotatable bonds is 3. The normalized spacial score (nSPS) is 17.9. The van der Waals surface area contributed by atoms with Gasteiger partial charge in [-0.1, -0.05) is 0 Å². The second-order valence-electron chi connectivity index (χ2n) is 5.36. The van der Waals surface area contributed by atoms with Crippen molar-refractivity contribution in [3.05, 3.63) is 39.4 Å². The predicted molar refractivity (Wildman–Crippen MR) is 78.8 cm³/mol. The largest absolute Gasteiger partial charge is 0.465 e. The Labute approximate surface area is 128 Å². The van der Waals surface area contributed by atoms with Crippen LogP contribution in [0.4, 0.5) is 5.69 Å². The van der Waals surface area contributed by atoms with Crippen LogP contribution >= 0.6 is 0 Å². The van der Waals surface area contributed by atoms with Crippen LogP contribution in [0, 0.1) is 10.1 Å². The van der Waals surface area contributed by atoms with Gasteiger partial charge in [0.25, 0.3) is 11.6 Å². The van der Waals surface area contributed by atoms with Crippen molar-refractivity contribution < 1.29 is 19.2 Å². The van der Waals surface area contributed by atoms with E-state index in [1.165, 1.54) is 19.2 Å². The van der Waals surface area contributed by atoms with Crippen molar-refractivity contribution in [1.82, 2.24) is 4.90 Å². The molecule has 1 aliphatic heterocycles. The van der Waals surface area contributed by atoms with Crippen LogP contribution < -0.4 is 0 Å².